The van der Waals surface area contributed by atoms with Gasteiger partial charge in [0.15, 0.2) is 0 Å². The number of imide groups is 1. The number of nitrogens with zero attached hydrogens (tertiary/aromatic N) is 1. The first kappa shape index (κ1) is 17.0. The summed E-state index contributed by atoms with van der Waals surface area (Å²) >= 11 is 0. The van der Waals surface area contributed by atoms with E-state index in [1.807, 2.05) is 54.6 Å². The van der Waals surface area contributed by atoms with E-state index in [4.69, 9.17) is 0 Å². The molecule has 1 N–H and O–H groups in total. The quantitative estimate of drug-likeness (QED) is 0.713. The predicted molar refractivity (Wildman–Crippen MR) is 102 cm³/mol. The van der Waals surface area contributed by atoms with Crippen molar-refractivity contribution in [2.24, 2.45) is 0 Å². The second-order valence-corrected chi connectivity index (χ2v) is 6.52. The molecule has 0 bridgehead atoms. The van der Waals surface area contributed by atoms with Crippen molar-refractivity contribution in [2.45, 2.75) is 6.42 Å². The second-order valence-electron chi connectivity index (χ2n) is 6.52. The molecule has 0 saturated carbocycles. The summed E-state index contributed by atoms with van der Waals surface area (Å²) in [5.41, 5.74) is 1.77. The van der Waals surface area contributed by atoms with Gasteiger partial charge in [0.2, 0.25) is 5.91 Å². The Kier molecular flexibility index (Phi) is 4.42. The van der Waals surface area contributed by atoms with Crippen LogP contribution in [0.25, 0.3) is 10.8 Å². The van der Waals surface area contributed by atoms with Gasteiger partial charge in [-0.3, -0.25) is 19.3 Å². The molecule has 134 valence electrons. The first-order valence-electron chi connectivity index (χ1n) is 8.83. The third kappa shape index (κ3) is 3.31. The maximum absolute atomic E-state index is 12.6. The van der Waals surface area contributed by atoms with Crippen LogP contribution in [0.15, 0.2) is 66.7 Å². The molecule has 0 spiro atoms. The molecule has 1 heterocycles. The van der Waals surface area contributed by atoms with Crippen LogP contribution in [0.2, 0.25) is 0 Å². The molecule has 0 unspecified atom stereocenters. The fourth-order valence-corrected chi connectivity index (χ4v) is 3.33. The number of benzene rings is 3. The summed E-state index contributed by atoms with van der Waals surface area (Å²) < 4.78 is 0. The fourth-order valence-electron chi connectivity index (χ4n) is 3.33. The highest BCUT2D eigenvalue weighted by atomic mass is 16.2. The van der Waals surface area contributed by atoms with Crippen molar-refractivity contribution in [3.8, 4) is 0 Å². The number of fused-ring (bicyclic) bond motifs is 2. The Bertz CT molecular complexity index is 989. The Hall–Kier alpha value is -3.47. The van der Waals surface area contributed by atoms with Crippen LogP contribution >= 0.6 is 0 Å². The standard InChI is InChI=1S/C22H18N2O3/c25-20(12-15-6-2-1-3-7-15)23-10-11-24-21(26)18-13-16-8-4-5-9-17(16)14-19(18)22(24)27/h1-9,13-14H,10-12H2,(H,23,25). The van der Waals surface area contributed by atoms with E-state index in [-0.39, 0.29) is 37.2 Å². The van der Waals surface area contributed by atoms with Crippen LogP contribution in [0.4, 0.5) is 0 Å². The van der Waals surface area contributed by atoms with Crippen LogP contribution < -0.4 is 5.32 Å². The SMILES string of the molecule is O=C(Cc1ccccc1)NCCN1C(=O)c2cc3ccccc3cc2C1=O. The lowest BCUT2D eigenvalue weighted by molar-refractivity contribution is -0.120. The summed E-state index contributed by atoms with van der Waals surface area (Å²) in [7, 11) is 0. The van der Waals surface area contributed by atoms with E-state index in [2.05, 4.69) is 5.32 Å². The van der Waals surface area contributed by atoms with Gasteiger partial charge in [-0.05, 0) is 28.5 Å². The van der Waals surface area contributed by atoms with Crippen molar-refractivity contribution >= 4 is 28.5 Å². The molecule has 3 aromatic rings. The average Bonchev–Trinajstić information content (AvgIpc) is 2.91. The summed E-state index contributed by atoms with van der Waals surface area (Å²) in [5, 5.41) is 4.63. The maximum Gasteiger partial charge on any atom is 0.261 e. The monoisotopic (exact) mass is 358 g/mol. The fraction of sp³-hybridized carbons (Fsp3) is 0.136. The highest BCUT2D eigenvalue weighted by Gasteiger charge is 2.35. The normalized spacial score (nSPS) is 13.1. The highest BCUT2D eigenvalue weighted by molar-refractivity contribution is 6.23. The van der Waals surface area contributed by atoms with Crippen LogP contribution in [-0.2, 0) is 11.2 Å². The summed E-state index contributed by atoms with van der Waals surface area (Å²) in [5.74, 6) is -0.750. The van der Waals surface area contributed by atoms with Crippen LogP contribution in [0.3, 0.4) is 0 Å². The van der Waals surface area contributed by atoms with Crippen molar-refractivity contribution in [2.75, 3.05) is 13.1 Å². The molecular formula is C22H18N2O3. The molecular weight excluding hydrogens is 340 g/mol. The molecule has 4 rings (SSSR count). The molecule has 0 saturated heterocycles. The number of carbonyl (C=O) groups excluding carboxylic acids is 3. The van der Waals surface area contributed by atoms with Crippen LogP contribution in [-0.4, -0.2) is 35.7 Å². The summed E-state index contributed by atoms with van der Waals surface area (Å²) in [6.07, 6.45) is 0.272. The van der Waals surface area contributed by atoms with Gasteiger partial charge in [0.25, 0.3) is 11.8 Å². The van der Waals surface area contributed by atoms with E-state index in [0.717, 1.165) is 16.3 Å². The van der Waals surface area contributed by atoms with Gasteiger partial charge >= 0.3 is 0 Å². The number of hydrogen-bond acceptors (Lipinski definition) is 3. The van der Waals surface area contributed by atoms with Gasteiger partial charge < -0.3 is 5.32 Å². The molecule has 3 aromatic carbocycles. The largest absolute Gasteiger partial charge is 0.354 e. The molecule has 5 heteroatoms. The van der Waals surface area contributed by atoms with Crippen molar-refractivity contribution in [1.29, 1.82) is 0 Å². The van der Waals surface area contributed by atoms with Crippen molar-refractivity contribution in [1.82, 2.24) is 10.2 Å². The Morgan fingerprint density at radius 3 is 1.96 bits per heavy atom. The molecule has 0 atom stereocenters. The zero-order valence-electron chi connectivity index (χ0n) is 14.6. The highest BCUT2D eigenvalue weighted by Crippen LogP contribution is 2.27. The van der Waals surface area contributed by atoms with Crippen molar-refractivity contribution in [3.05, 3.63) is 83.4 Å². The molecule has 0 fully saturated rings. The average molecular weight is 358 g/mol. The topological polar surface area (TPSA) is 66.5 Å². The zero-order valence-corrected chi connectivity index (χ0v) is 14.6. The minimum atomic E-state index is -0.307. The van der Waals surface area contributed by atoms with Gasteiger partial charge in [0.1, 0.15) is 0 Å². The predicted octanol–water partition coefficient (Wildman–Crippen LogP) is 2.79. The minimum Gasteiger partial charge on any atom is -0.354 e. The third-order valence-electron chi connectivity index (χ3n) is 4.70. The summed E-state index contributed by atoms with van der Waals surface area (Å²) in [6.45, 7) is 0.389. The number of hydrogen-bond donors (Lipinski definition) is 1. The van der Waals surface area contributed by atoms with Gasteiger partial charge in [-0.15, -0.1) is 0 Å². The Morgan fingerprint density at radius 2 is 1.37 bits per heavy atom. The number of carbonyl (C=O) groups is 3. The van der Waals surface area contributed by atoms with Crippen LogP contribution in [0.5, 0.6) is 0 Å². The Morgan fingerprint density at radius 1 is 0.815 bits per heavy atom. The van der Waals surface area contributed by atoms with E-state index in [1.54, 1.807) is 12.1 Å². The minimum absolute atomic E-state index is 0.136. The molecule has 5 nitrogen and oxygen atoms in total. The number of rotatable bonds is 5. The number of nitrogens with one attached hydrogen (secondary N) is 1. The van der Waals surface area contributed by atoms with Gasteiger partial charge in [0.05, 0.1) is 17.5 Å². The Balaban J connectivity index is 1.41. The molecule has 3 amide bonds. The van der Waals surface area contributed by atoms with Gasteiger partial charge in [-0.2, -0.15) is 0 Å². The Labute approximate surface area is 156 Å². The molecule has 0 aliphatic carbocycles. The van der Waals surface area contributed by atoms with Gasteiger partial charge in [0, 0.05) is 13.1 Å². The zero-order chi connectivity index (χ0) is 18.8. The molecule has 1 aliphatic rings. The maximum atomic E-state index is 12.6. The lowest BCUT2D eigenvalue weighted by Gasteiger charge is -2.14. The molecule has 27 heavy (non-hydrogen) atoms. The molecule has 0 radical (unpaired) electrons. The van der Waals surface area contributed by atoms with Crippen molar-refractivity contribution in [3.63, 3.8) is 0 Å². The van der Waals surface area contributed by atoms with Crippen LogP contribution in [0, 0.1) is 0 Å². The van der Waals surface area contributed by atoms with E-state index in [9.17, 15) is 14.4 Å². The smallest absolute Gasteiger partial charge is 0.261 e. The number of amides is 3. The van der Waals surface area contributed by atoms with Gasteiger partial charge in [-0.1, -0.05) is 54.6 Å². The van der Waals surface area contributed by atoms with Gasteiger partial charge in [-0.25, -0.2) is 0 Å². The summed E-state index contributed by atoms with van der Waals surface area (Å²) in [6, 6.07) is 20.6. The first-order valence-corrected chi connectivity index (χ1v) is 8.83. The van der Waals surface area contributed by atoms with Crippen LogP contribution in [0.1, 0.15) is 26.3 Å². The molecule has 1 aliphatic heterocycles. The van der Waals surface area contributed by atoms with E-state index in [1.165, 1.54) is 4.90 Å². The molecule has 0 aromatic heterocycles. The lowest BCUT2D eigenvalue weighted by atomic mass is 10.0. The second kappa shape index (κ2) is 7.03. The van der Waals surface area contributed by atoms with E-state index < -0.39 is 0 Å². The van der Waals surface area contributed by atoms with E-state index >= 15 is 0 Å². The lowest BCUT2D eigenvalue weighted by Crippen LogP contribution is -2.38. The summed E-state index contributed by atoms with van der Waals surface area (Å²) in [4.78, 5) is 38.4. The van der Waals surface area contributed by atoms with Crippen molar-refractivity contribution < 1.29 is 14.4 Å². The third-order valence-corrected chi connectivity index (χ3v) is 4.70. The van der Waals surface area contributed by atoms with E-state index in [0.29, 0.717) is 11.1 Å². The first-order chi connectivity index (χ1) is 13.1.